The van der Waals surface area contributed by atoms with Crippen molar-refractivity contribution < 1.29 is 14.4 Å². The molecule has 100 valence electrons. The molecule has 1 fully saturated rings. The summed E-state index contributed by atoms with van der Waals surface area (Å²) in [5, 5.41) is 4.99. The van der Waals surface area contributed by atoms with Gasteiger partial charge in [0.15, 0.2) is 0 Å². The van der Waals surface area contributed by atoms with Crippen molar-refractivity contribution in [1.82, 2.24) is 10.2 Å². The van der Waals surface area contributed by atoms with Crippen molar-refractivity contribution in [2.45, 2.75) is 6.54 Å². The number of para-hydroxylation sites is 1. The van der Waals surface area contributed by atoms with Crippen LogP contribution in [0.2, 0.25) is 0 Å². The van der Waals surface area contributed by atoms with E-state index in [0.717, 1.165) is 10.5 Å². The zero-order valence-corrected chi connectivity index (χ0v) is 10.2. The largest absolute Gasteiger partial charge is 0.329 e. The average Bonchev–Trinajstić information content (AvgIpc) is 2.71. The van der Waals surface area contributed by atoms with Crippen LogP contribution in [-0.4, -0.2) is 35.8 Å². The number of rotatable bonds is 4. The zero-order chi connectivity index (χ0) is 13.8. The molecule has 0 atom stereocenters. The molecule has 0 radical (unpaired) electrons. The Labute approximate surface area is 109 Å². The van der Waals surface area contributed by atoms with Gasteiger partial charge >= 0.3 is 6.03 Å². The van der Waals surface area contributed by atoms with Crippen LogP contribution in [0.4, 0.5) is 10.5 Å². The summed E-state index contributed by atoms with van der Waals surface area (Å²) in [7, 11) is 0. The fraction of sp³-hybridized carbons (Fsp3) is 0.250. The first-order chi connectivity index (χ1) is 9.11. The summed E-state index contributed by atoms with van der Waals surface area (Å²) in [5.74, 6) is -0.849. The predicted octanol–water partition coefficient (Wildman–Crippen LogP) is -0.364. The van der Waals surface area contributed by atoms with Gasteiger partial charge in [0.2, 0.25) is 5.91 Å². The number of amides is 4. The lowest BCUT2D eigenvalue weighted by Gasteiger charge is -2.13. The molecular weight excluding hydrogens is 248 g/mol. The van der Waals surface area contributed by atoms with Gasteiger partial charge in [-0.25, -0.2) is 4.79 Å². The molecule has 1 aliphatic heterocycles. The van der Waals surface area contributed by atoms with Gasteiger partial charge in [0.05, 0.1) is 6.54 Å². The number of carbonyl (C=O) groups is 3. The third-order valence-corrected chi connectivity index (χ3v) is 2.75. The lowest BCUT2D eigenvalue weighted by atomic mass is 10.2. The van der Waals surface area contributed by atoms with E-state index in [1.165, 1.54) is 0 Å². The highest BCUT2D eigenvalue weighted by molar-refractivity contribution is 6.06. The molecule has 19 heavy (non-hydrogen) atoms. The first-order valence-corrected chi connectivity index (χ1v) is 5.78. The molecule has 7 heteroatoms. The Hall–Kier alpha value is -2.41. The first-order valence-electron chi connectivity index (χ1n) is 5.78. The van der Waals surface area contributed by atoms with Gasteiger partial charge in [-0.1, -0.05) is 18.2 Å². The molecule has 4 amide bonds. The fourth-order valence-electron chi connectivity index (χ4n) is 1.77. The van der Waals surface area contributed by atoms with Gasteiger partial charge in [-0.05, 0) is 11.6 Å². The molecular formula is C12H14N4O3. The van der Waals surface area contributed by atoms with Crippen LogP contribution in [0.5, 0.6) is 0 Å². The Morgan fingerprint density at radius 1 is 1.37 bits per heavy atom. The molecule has 0 saturated carbocycles. The second-order valence-corrected chi connectivity index (χ2v) is 4.05. The maximum absolute atomic E-state index is 11.8. The second-order valence-electron chi connectivity index (χ2n) is 4.05. The maximum Gasteiger partial charge on any atom is 0.325 e. The van der Waals surface area contributed by atoms with Gasteiger partial charge < -0.3 is 16.4 Å². The van der Waals surface area contributed by atoms with Crippen LogP contribution in [-0.2, 0) is 16.1 Å². The van der Waals surface area contributed by atoms with Crippen LogP contribution in [0.1, 0.15) is 5.56 Å². The summed E-state index contributed by atoms with van der Waals surface area (Å²) in [6.07, 6.45) is 0. The fourth-order valence-corrected chi connectivity index (χ4v) is 1.77. The van der Waals surface area contributed by atoms with Crippen molar-refractivity contribution in [3.8, 4) is 0 Å². The number of nitrogens with one attached hydrogen (secondary N) is 2. The molecule has 0 aromatic heterocycles. The summed E-state index contributed by atoms with van der Waals surface area (Å²) in [4.78, 5) is 35.3. The molecule has 0 bridgehead atoms. The number of hydrogen-bond acceptors (Lipinski definition) is 4. The third kappa shape index (κ3) is 2.89. The van der Waals surface area contributed by atoms with E-state index >= 15 is 0 Å². The number of anilines is 1. The Morgan fingerprint density at radius 2 is 2.11 bits per heavy atom. The number of carbonyl (C=O) groups excluding carboxylic acids is 3. The van der Waals surface area contributed by atoms with E-state index in [1.807, 2.05) is 6.07 Å². The van der Waals surface area contributed by atoms with Gasteiger partial charge in [-0.2, -0.15) is 0 Å². The van der Waals surface area contributed by atoms with Gasteiger partial charge in [0.25, 0.3) is 5.91 Å². The molecule has 1 aromatic carbocycles. The monoisotopic (exact) mass is 262 g/mol. The normalized spacial score (nSPS) is 14.5. The van der Waals surface area contributed by atoms with Crippen LogP contribution in [0.3, 0.4) is 0 Å². The minimum Gasteiger partial charge on any atom is -0.329 e. The summed E-state index contributed by atoms with van der Waals surface area (Å²) in [5.41, 5.74) is 6.92. The molecule has 0 aliphatic carbocycles. The predicted molar refractivity (Wildman–Crippen MR) is 68.1 cm³/mol. The number of urea groups is 1. The van der Waals surface area contributed by atoms with Crippen molar-refractivity contribution in [3.05, 3.63) is 29.8 Å². The van der Waals surface area contributed by atoms with Crippen molar-refractivity contribution in [2.24, 2.45) is 5.73 Å². The quantitative estimate of drug-likeness (QED) is 0.644. The molecule has 1 aromatic rings. The van der Waals surface area contributed by atoms with E-state index in [9.17, 15) is 14.4 Å². The first kappa shape index (κ1) is 13.0. The summed E-state index contributed by atoms with van der Waals surface area (Å²) >= 11 is 0. The van der Waals surface area contributed by atoms with Crippen molar-refractivity contribution in [3.63, 3.8) is 0 Å². The highest BCUT2D eigenvalue weighted by atomic mass is 16.2. The molecule has 4 N–H and O–H groups in total. The Bertz CT molecular complexity index is 513. The second kappa shape index (κ2) is 5.49. The zero-order valence-electron chi connectivity index (χ0n) is 10.2. The van der Waals surface area contributed by atoms with Gasteiger partial charge in [0, 0.05) is 12.2 Å². The number of imide groups is 1. The molecule has 0 unspecified atom stereocenters. The number of hydrogen-bond donors (Lipinski definition) is 3. The Morgan fingerprint density at radius 3 is 2.74 bits per heavy atom. The minimum absolute atomic E-state index is 0.0640. The summed E-state index contributed by atoms with van der Waals surface area (Å²) in [6.45, 7) is -0.0747. The topological polar surface area (TPSA) is 105 Å². The minimum atomic E-state index is -0.549. The summed E-state index contributed by atoms with van der Waals surface area (Å²) < 4.78 is 0. The van der Waals surface area contributed by atoms with E-state index in [2.05, 4.69) is 10.6 Å². The lowest BCUT2D eigenvalue weighted by Crippen LogP contribution is -2.38. The Balaban J connectivity index is 2.01. The highest BCUT2D eigenvalue weighted by Gasteiger charge is 2.30. The van der Waals surface area contributed by atoms with Crippen molar-refractivity contribution >= 4 is 23.5 Å². The van der Waals surface area contributed by atoms with E-state index in [0.29, 0.717) is 12.2 Å². The maximum atomic E-state index is 11.8. The number of nitrogens with zero attached hydrogens (tertiary/aromatic N) is 1. The van der Waals surface area contributed by atoms with Crippen molar-refractivity contribution in [1.29, 1.82) is 0 Å². The van der Waals surface area contributed by atoms with E-state index in [-0.39, 0.29) is 13.1 Å². The average molecular weight is 262 g/mol. The van der Waals surface area contributed by atoms with E-state index < -0.39 is 17.8 Å². The van der Waals surface area contributed by atoms with Crippen LogP contribution in [0, 0.1) is 0 Å². The number of nitrogens with two attached hydrogens (primary N) is 1. The van der Waals surface area contributed by atoms with Crippen molar-refractivity contribution in [2.75, 3.05) is 18.4 Å². The van der Waals surface area contributed by atoms with Gasteiger partial charge in [-0.3, -0.25) is 14.5 Å². The van der Waals surface area contributed by atoms with Crippen LogP contribution in [0.25, 0.3) is 0 Å². The molecule has 2 rings (SSSR count). The van der Waals surface area contributed by atoms with Crippen LogP contribution >= 0.6 is 0 Å². The van der Waals surface area contributed by atoms with Crippen LogP contribution in [0.15, 0.2) is 24.3 Å². The highest BCUT2D eigenvalue weighted by Crippen LogP contribution is 2.14. The van der Waals surface area contributed by atoms with Gasteiger partial charge in [0.1, 0.15) is 6.54 Å². The third-order valence-electron chi connectivity index (χ3n) is 2.75. The van der Waals surface area contributed by atoms with E-state index in [1.54, 1.807) is 18.2 Å². The molecule has 1 aliphatic rings. The SMILES string of the molecule is NCc1ccccc1NC(=O)CN1C(=O)CNC1=O. The molecule has 7 nitrogen and oxygen atoms in total. The molecule has 1 saturated heterocycles. The lowest BCUT2D eigenvalue weighted by molar-refractivity contribution is -0.128. The Kier molecular flexibility index (Phi) is 3.76. The van der Waals surface area contributed by atoms with Crippen LogP contribution < -0.4 is 16.4 Å². The smallest absolute Gasteiger partial charge is 0.325 e. The standard InChI is InChI=1S/C12H14N4O3/c13-5-8-3-1-2-4-9(8)15-10(17)7-16-11(18)6-14-12(16)19/h1-4H,5-7,13H2,(H,14,19)(H,15,17). The van der Waals surface area contributed by atoms with Gasteiger partial charge in [-0.15, -0.1) is 0 Å². The van der Waals surface area contributed by atoms with E-state index in [4.69, 9.17) is 5.73 Å². The molecule has 1 heterocycles. The number of benzene rings is 1. The summed E-state index contributed by atoms with van der Waals surface area (Å²) in [6, 6.07) is 6.54. The molecule has 0 spiro atoms.